The molecular weight excluding hydrogens is 174 g/mol. The Labute approximate surface area is 78.3 Å². The summed E-state index contributed by atoms with van der Waals surface area (Å²) in [5.41, 5.74) is -0.229. The van der Waals surface area contributed by atoms with Crippen LogP contribution in [0.1, 0.15) is 32.6 Å². The topological polar surface area (TPSA) is 38.3 Å². The van der Waals surface area contributed by atoms with Crippen LogP contribution in [-0.4, -0.2) is 17.6 Å². The molecule has 0 aromatic carbocycles. The van der Waals surface area contributed by atoms with E-state index in [9.17, 15) is 4.79 Å². The number of hydrogen-bond donors (Lipinski definition) is 2. The molecule has 0 spiro atoms. The maximum absolute atomic E-state index is 11.0. The lowest BCUT2D eigenvalue weighted by Crippen LogP contribution is -2.34. The number of carbonyl (C=O) groups excluding carboxylic acids is 1. The van der Waals surface area contributed by atoms with Gasteiger partial charge in [0.05, 0.1) is 5.88 Å². The highest BCUT2D eigenvalue weighted by Crippen LogP contribution is 2.32. The lowest BCUT2D eigenvalue weighted by Gasteiger charge is -2.23. The first kappa shape index (κ1) is 9.71. The predicted octanol–water partition coefficient (Wildman–Crippen LogP) is 1.93. The van der Waals surface area contributed by atoms with Crippen molar-refractivity contribution in [3.8, 4) is 0 Å². The molecule has 3 nitrogen and oxygen atoms in total. The van der Waals surface area contributed by atoms with Gasteiger partial charge in [-0.25, -0.2) is 4.79 Å². The molecule has 70 valence electrons. The molecule has 0 atom stereocenters. The Bertz CT molecular complexity index is 166. The van der Waals surface area contributed by atoms with Crippen LogP contribution in [-0.2, 0) is 4.74 Å². The van der Waals surface area contributed by atoms with Gasteiger partial charge in [-0.05, 0) is 32.6 Å². The van der Waals surface area contributed by atoms with Gasteiger partial charge in [-0.2, -0.15) is 12.6 Å². The highest BCUT2D eigenvalue weighted by molar-refractivity contribution is 7.80. The Balaban J connectivity index is 2.33. The molecule has 0 unspecified atom stereocenters. The highest BCUT2D eigenvalue weighted by atomic mass is 32.1. The summed E-state index contributed by atoms with van der Waals surface area (Å²) in [4.78, 5) is 11.0. The lowest BCUT2D eigenvalue weighted by molar-refractivity contribution is 0.0314. The number of nitrogens with one attached hydrogen (secondary N) is 1. The third kappa shape index (κ3) is 2.59. The molecule has 12 heavy (non-hydrogen) atoms. The van der Waals surface area contributed by atoms with Gasteiger partial charge in [0.2, 0.25) is 0 Å². The second-order valence-corrected chi connectivity index (χ2v) is 3.70. The van der Waals surface area contributed by atoms with E-state index >= 15 is 0 Å². The first-order valence-corrected chi connectivity index (χ1v) is 4.87. The van der Waals surface area contributed by atoms with Crippen LogP contribution < -0.4 is 5.32 Å². The van der Waals surface area contributed by atoms with Crippen molar-refractivity contribution < 1.29 is 9.53 Å². The molecule has 0 aromatic heterocycles. The smallest absolute Gasteiger partial charge is 0.408 e. The van der Waals surface area contributed by atoms with Crippen LogP contribution in [0.3, 0.4) is 0 Å². The molecule has 0 radical (unpaired) electrons. The standard InChI is InChI=1S/C8H15NO2S/c1-8(4-2-3-5-8)11-7(10)9-6-12/h12H,2-6H2,1H3,(H,9,10). The van der Waals surface area contributed by atoms with Crippen molar-refractivity contribution in [2.24, 2.45) is 0 Å². The Morgan fingerprint density at radius 1 is 1.58 bits per heavy atom. The fraction of sp³-hybridized carbons (Fsp3) is 0.875. The Hall–Kier alpha value is -0.380. The molecule has 0 heterocycles. The molecule has 0 aliphatic heterocycles. The van der Waals surface area contributed by atoms with Crippen molar-refractivity contribution >= 4 is 18.7 Å². The number of hydrogen-bond acceptors (Lipinski definition) is 3. The SMILES string of the molecule is CC1(OC(=O)NCS)CCCC1. The summed E-state index contributed by atoms with van der Waals surface area (Å²) in [6.07, 6.45) is 3.92. The van der Waals surface area contributed by atoms with Crippen LogP contribution in [0.2, 0.25) is 0 Å². The molecule has 1 fully saturated rings. The van der Waals surface area contributed by atoms with E-state index in [1.54, 1.807) is 0 Å². The minimum absolute atomic E-state index is 0.229. The average molecular weight is 189 g/mol. The maximum atomic E-state index is 11.0. The molecule has 1 N–H and O–H groups in total. The largest absolute Gasteiger partial charge is 0.443 e. The average Bonchev–Trinajstić information content (AvgIpc) is 2.36. The van der Waals surface area contributed by atoms with Crippen molar-refractivity contribution in [3.05, 3.63) is 0 Å². The van der Waals surface area contributed by atoms with Crippen LogP contribution in [0.15, 0.2) is 0 Å². The van der Waals surface area contributed by atoms with Gasteiger partial charge in [-0.1, -0.05) is 0 Å². The quantitative estimate of drug-likeness (QED) is 0.514. The normalized spacial score (nSPS) is 20.5. The molecular formula is C8H15NO2S. The van der Waals surface area contributed by atoms with Crippen molar-refractivity contribution in [3.63, 3.8) is 0 Å². The maximum Gasteiger partial charge on any atom is 0.408 e. The van der Waals surface area contributed by atoms with Crippen LogP contribution in [0.25, 0.3) is 0 Å². The highest BCUT2D eigenvalue weighted by Gasteiger charge is 2.32. The zero-order valence-electron chi connectivity index (χ0n) is 7.30. The van der Waals surface area contributed by atoms with E-state index in [1.165, 1.54) is 0 Å². The molecule has 1 rings (SSSR count). The van der Waals surface area contributed by atoms with Gasteiger partial charge in [0, 0.05) is 0 Å². The van der Waals surface area contributed by atoms with E-state index in [1.807, 2.05) is 6.92 Å². The van der Waals surface area contributed by atoms with Gasteiger partial charge in [-0.3, -0.25) is 0 Å². The zero-order valence-corrected chi connectivity index (χ0v) is 8.19. The van der Waals surface area contributed by atoms with Gasteiger partial charge in [0.1, 0.15) is 5.60 Å². The summed E-state index contributed by atoms with van der Waals surface area (Å²) in [6.45, 7) is 1.98. The molecule has 0 bridgehead atoms. The summed E-state index contributed by atoms with van der Waals surface area (Å²) >= 11 is 3.87. The molecule has 1 aliphatic rings. The second-order valence-electron chi connectivity index (χ2n) is 3.38. The van der Waals surface area contributed by atoms with Crippen molar-refractivity contribution in [1.82, 2.24) is 5.32 Å². The summed E-state index contributed by atoms with van der Waals surface area (Å²) < 4.78 is 5.24. The number of ether oxygens (including phenoxy) is 1. The van der Waals surface area contributed by atoms with Crippen LogP contribution >= 0.6 is 12.6 Å². The van der Waals surface area contributed by atoms with Crippen LogP contribution in [0.5, 0.6) is 0 Å². The summed E-state index contributed by atoms with van der Waals surface area (Å²) in [7, 11) is 0. The van der Waals surface area contributed by atoms with Crippen LogP contribution in [0, 0.1) is 0 Å². The molecule has 1 saturated carbocycles. The number of thiol groups is 1. The van der Waals surface area contributed by atoms with Crippen molar-refractivity contribution in [1.29, 1.82) is 0 Å². The monoisotopic (exact) mass is 189 g/mol. The molecule has 0 aromatic rings. The number of alkyl carbamates (subject to hydrolysis) is 1. The Morgan fingerprint density at radius 2 is 2.17 bits per heavy atom. The van der Waals surface area contributed by atoms with E-state index in [2.05, 4.69) is 17.9 Å². The third-order valence-corrected chi connectivity index (χ3v) is 2.38. The summed E-state index contributed by atoms with van der Waals surface area (Å²) in [5, 5.41) is 2.50. The first-order valence-electron chi connectivity index (χ1n) is 4.24. The summed E-state index contributed by atoms with van der Waals surface area (Å²) in [6, 6.07) is 0. The minimum Gasteiger partial charge on any atom is -0.443 e. The predicted molar refractivity (Wildman–Crippen MR) is 50.3 cm³/mol. The Morgan fingerprint density at radius 3 is 2.67 bits per heavy atom. The van der Waals surface area contributed by atoms with Crippen molar-refractivity contribution in [2.45, 2.75) is 38.2 Å². The van der Waals surface area contributed by atoms with E-state index in [0.717, 1.165) is 25.7 Å². The molecule has 1 amide bonds. The molecule has 4 heteroatoms. The van der Waals surface area contributed by atoms with E-state index < -0.39 is 0 Å². The first-order chi connectivity index (χ1) is 5.66. The number of amides is 1. The molecule has 1 aliphatic carbocycles. The fourth-order valence-corrected chi connectivity index (χ4v) is 1.68. The second kappa shape index (κ2) is 4.03. The van der Waals surface area contributed by atoms with Gasteiger partial charge in [0.15, 0.2) is 0 Å². The minimum atomic E-state index is -0.352. The number of carbonyl (C=O) groups is 1. The molecule has 0 saturated heterocycles. The third-order valence-electron chi connectivity index (χ3n) is 2.22. The van der Waals surface area contributed by atoms with Gasteiger partial charge >= 0.3 is 6.09 Å². The van der Waals surface area contributed by atoms with E-state index in [0.29, 0.717) is 5.88 Å². The van der Waals surface area contributed by atoms with Crippen molar-refractivity contribution in [2.75, 3.05) is 5.88 Å². The van der Waals surface area contributed by atoms with E-state index in [4.69, 9.17) is 4.74 Å². The summed E-state index contributed by atoms with van der Waals surface area (Å²) in [5.74, 6) is 0.328. The van der Waals surface area contributed by atoms with Gasteiger partial charge in [0.25, 0.3) is 0 Å². The Kier molecular flexibility index (Phi) is 3.26. The van der Waals surface area contributed by atoms with Gasteiger partial charge < -0.3 is 10.1 Å². The fourth-order valence-electron chi connectivity index (χ4n) is 1.55. The number of rotatable bonds is 2. The van der Waals surface area contributed by atoms with Crippen LogP contribution in [0.4, 0.5) is 4.79 Å². The lowest BCUT2D eigenvalue weighted by atomic mass is 10.1. The van der Waals surface area contributed by atoms with E-state index in [-0.39, 0.29) is 11.7 Å². The zero-order chi connectivity index (χ0) is 9.03. The van der Waals surface area contributed by atoms with Gasteiger partial charge in [-0.15, -0.1) is 0 Å².